The van der Waals surface area contributed by atoms with Crippen LogP contribution in [0, 0.1) is 5.92 Å². The predicted octanol–water partition coefficient (Wildman–Crippen LogP) is 4.49. The van der Waals surface area contributed by atoms with Gasteiger partial charge in [0.25, 0.3) is 0 Å². The van der Waals surface area contributed by atoms with E-state index in [2.05, 4.69) is 50.4 Å². The maximum atomic E-state index is 5.77. The first kappa shape index (κ1) is 16.5. The Labute approximate surface area is 130 Å². The third kappa shape index (κ3) is 4.82. The largest absolute Gasteiger partial charge is 0.378 e. The van der Waals surface area contributed by atoms with E-state index in [0.717, 1.165) is 19.6 Å². The van der Waals surface area contributed by atoms with Crippen LogP contribution in [0.25, 0.3) is 0 Å². The minimum Gasteiger partial charge on any atom is -0.378 e. The van der Waals surface area contributed by atoms with E-state index in [1.54, 1.807) is 0 Å². The Morgan fingerprint density at radius 2 is 2.00 bits per heavy atom. The molecule has 1 heterocycles. The molecular weight excluding hydrogens is 258 g/mol. The van der Waals surface area contributed by atoms with Crippen LogP contribution in [0.15, 0.2) is 24.3 Å². The third-order valence-electron chi connectivity index (χ3n) is 4.73. The number of rotatable bonds is 8. The van der Waals surface area contributed by atoms with E-state index in [9.17, 15) is 0 Å². The minimum absolute atomic E-state index is 0.420. The van der Waals surface area contributed by atoms with Gasteiger partial charge in [0.15, 0.2) is 0 Å². The van der Waals surface area contributed by atoms with Crippen molar-refractivity contribution in [2.24, 2.45) is 5.92 Å². The molecule has 0 saturated carbocycles. The summed E-state index contributed by atoms with van der Waals surface area (Å²) < 4.78 is 5.77. The molecular formula is C19H31NO. The fourth-order valence-electron chi connectivity index (χ4n) is 3.18. The van der Waals surface area contributed by atoms with Crippen molar-refractivity contribution in [3.8, 4) is 0 Å². The molecule has 1 N–H and O–H groups in total. The molecule has 0 bridgehead atoms. The van der Waals surface area contributed by atoms with Crippen LogP contribution in [0.5, 0.6) is 0 Å². The molecule has 1 fully saturated rings. The Morgan fingerprint density at radius 1 is 1.24 bits per heavy atom. The Morgan fingerprint density at radius 3 is 2.67 bits per heavy atom. The summed E-state index contributed by atoms with van der Waals surface area (Å²) in [7, 11) is 0. The molecule has 1 saturated heterocycles. The second kappa shape index (κ2) is 8.55. The van der Waals surface area contributed by atoms with Crippen LogP contribution in [-0.4, -0.2) is 19.3 Å². The second-order valence-electron chi connectivity index (χ2n) is 6.34. The number of ether oxygens (including phenoxy) is 1. The van der Waals surface area contributed by atoms with Crippen LogP contribution in [0.2, 0.25) is 0 Å². The van der Waals surface area contributed by atoms with Gasteiger partial charge in [-0.2, -0.15) is 0 Å². The average molecular weight is 289 g/mol. The zero-order chi connectivity index (χ0) is 15.1. The van der Waals surface area contributed by atoms with Gasteiger partial charge in [0, 0.05) is 19.2 Å². The third-order valence-corrected chi connectivity index (χ3v) is 4.73. The van der Waals surface area contributed by atoms with Crippen molar-refractivity contribution in [1.29, 1.82) is 0 Å². The van der Waals surface area contributed by atoms with Crippen LogP contribution in [0.4, 0.5) is 0 Å². The van der Waals surface area contributed by atoms with E-state index in [1.807, 2.05) is 0 Å². The average Bonchev–Trinajstić information content (AvgIpc) is 2.98. The molecule has 21 heavy (non-hydrogen) atoms. The molecule has 1 aliphatic rings. The van der Waals surface area contributed by atoms with Crippen molar-refractivity contribution in [3.63, 3.8) is 0 Å². The monoisotopic (exact) mass is 289 g/mol. The van der Waals surface area contributed by atoms with Gasteiger partial charge in [0.1, 0.15) is 0 Å². The fourth-order valence-corrected chi connectivity index (χ4v) is 3.18. The van der Waals surface area contributed by atoms with E-state index in [4.69, 9.17) is 4.74 Å². The highest BCUT2D eigenvalue weighted by atomic mass is 16.5. The second-order valence-corrected chi connectivity index (χ2v) is 6.34. The van der Waals surface area contributed by atoms with Crippen molar-refractivity contribution in [3.05, 3.63) is 35.4 Å². The summed E-state index contributed by atoms with van der Waals surface area (Å²) in [5.41, 5.74) is 2.85. The summed E-state index contributed by atoms with van der Waals surface area (Å²) in [4.78, 5) is 0. The van der Waals surface area contributed by atoms with Gasteiger partial charge in [-0.05, 0) is 49.7 Å². The lowest BCUT2D eigenvalue weighted by Crippen LogP contribution is -2.30. The van der Waals surface area contributed by atoms with Crippen LogP contribution in [-0.2, 0) is 11.2 Å². The number of aryl methyl sites for hydroxylation is 1. The summed E-state index contributed by atoms with van der Waals surface area (Å²) in [5, 5.41) is 3.69. The summed E-state index contributed by atoms with van der Waals surface area (Å²) in [5.74, 6) is 0.682. The summed E-state index contributed by atoms with van der Waals surface area (Å²) in [6.45, 7) is 8.73. The number of unbranched alkanes of at least 4 members (excludes halogenated alkanes) is 1. The Hall–Kier alpha value is -0.860. The molecule has 2 rings (SSSR count). The number of nitrogens with one attached hydrogen (secondary N) is 1. The van der Waals surface area contributed by atoms with Gasteiger partial charge in [-0.25, -0.2) is 0 Å². The standard InChI is InChI=1S/C19H31NO/c1-4-6-7-16-8-10-17(11-9-16)15(3)20-14-18-12-13-21-19(18)5-2/h8-11,15,18-20H,4-7,12-14H2,1-3H3. The molecule has 2 nitrogen and oxygen atoms in total. The lowest BCUT2D eigenvalue weighted by molar-refractivity contribution is 0.0867. The number of hydrogen-bond donors (Lipinski definition) is 1. The van der Waals surface area contributed by atoms with Crippen molar-refractivity contribution < 1.29 is 4.74 Å². The predicted molar refractivity (Wildman–Crippen MR) is 89.6 cm³/mol. The summed E-state index contributed by atoms with van der Waals surface area (Å²) >= 11 is 0. The van der Waals surface area contributed by atoms with Gasteiger partial charge in [-0.15, -0.1) is 0 Å². The SMILES string of the molecule is CCCCc1ccc(C(C)NCC2CCOC2CC)cc1. The van der Waals surface area contributed by atoms with Crippen LogP contribution >= 0.6 is 0 Å². The quantitative estimate of drug-likeness (QED) is 0.761. The highest BCUT2D eigenvalue weighted by molar-refractivity contribution is 5.24. The highest BCUT2D eigenvalue weighted by Gasteiger charge is 2.26. The maximum absolute atomic E-state index is 5.77. The van der Waals surface area contributed by atoms with E-state index < -0.39 is 0 Å². The maximum Gasteiger partial charge on any atom is 0.0613 e. The normalized spacial score (nSPS) is 23.4. The molecule has 0 spiro atoms. The summed E-state index contributed by atoms with van der Waals surface area (Å²) in [6, 6.07) is 9.56. The molecule has 0 radical (unpaired) electrons. The first-order valence-electron chi connectivity index (χ1n) is 8.68. The smallest absolute Gasteiger partial charge is 0.0613 e. The molecule has 3 atom stereocenters. The van der Waals surface area contributed by atoms with Crippen molar-refractivity contribution in [1.82, 2.24) is 5.32 Å². The van der Waals surface area contributed by atoms with Gasteiger partial charge in [0.05, 0.1) is 6.10 Å². The molecule has 0 aliphatic carbocycles. The van der Waals surface area contributed by atoms with Crippen LogP contribution in [0.3, 0.4) is 0 Å². The van der Waals surface area contributed by atoms with Gasteiger partial charge in [-0.1, -0.05) is 44.5 Å². The molecule has 1 aliphatic heterocycles. The zero-order valence-electron chi connectivity index (χ0n) is 13.9. The van der Waals surface area contributed by atoms with E-state index in [0.29, 0.717) is 18.1 Å². The molecule has 2 heteroatoms. The Kier molecular flexibility index (Phi) is 6.72. The van der Waals surface area contributed by atoms with E-state index >= 15 is 0 Å². The zero-order valence-corrected chi connectivity index (χ0v) is 13.9. The minimum atomic E-state index is 0.420. The topological polar surface area (TPSA) is 21.3 Å². The Bertz CT molecular complexity index is 401. The molecule has 3 unspecified atom stereocenters. The first-order valence-corrected chi connectivity index (χ1v) is 8.68. The van der Waals surface area contributed by atoms with Crippen LogP contribution < -0.4 is 5.32 Å². The van der Waals surface area contributed by atoms with Crippen molar-refractivity contribution in [2.45, 2.75) is 65.0 Å². The van der Waals surface area contributed by atoms with Gasteiger partial charge >= 0.3 is 0 Å². The number of benzene rings is 1. The van der Waals surface area contributed by atoms with Gasteiger partial charge in [-0.3, -0.25) is 0 Å². The van der Waals surface area contributed by atoms with E-state index in [-0.39, 0.29) is 0 Å². The highest BCUT2D eigenvalue weighted by Crippen LogP contribution is 2.23. The molecule has 118 valence electrons. The lowest BCUT2D eigenvalue weighted by Gasteiger charge is -2.21. The van der Waals surface area contributed by atoms with Crippen molar-refractivity contribution >= 4 is 0 Å². The molecule has 0 aromatic heterocycles. The Balaban J connectivity index is 1.81. The van der Waals surface area contributed by atoms with Gasteiger partial charge in [0.2, 0.25) is 0 Å². The number of hydrogen-bond acceptors (Lipinski definition) is 2. The van der Waals surface area contributed by atoms with E-state index in [1.165, 1.54) is 36.8 Å². The molecule has 0 amide bonds. The lowest BCUT2D eigenvalue weighted by atomic mass is 9.98. The first-order chi connectivity index (χ1) is 10.2. The van der Waals surface area contributed by atoms with Gasteiger partial charge < -0.3 is 10.1 Å². The molecule has 1 aromatic carbocycles. The molecule has 1 aromatic rings. The van der Waals surface area contributed by atoms with Crippen molar-refractivity contribution in [2.75, 3.05) is 13.2 Å². The van der Waals surface area contributed by atoms with Crippen LogP contribution in [0.1, 0.15) is 63.6 Å². The summed E-state index contributed by atoms with van der Waals surface area (Å²) in [6.07, 6.45) is 6.55. The fraction of sp³-hybridized carbons (Fsp3) is 0.684.